The maximum absolute atomic E-state index is 13.3. The van der Waals surface area contributed by atoms with Gasteiger partial charge in [0.15, 0.2) is 11.5 Å². The lowest BCUT2D eigenvalue weighted by Gasteiger charge is -2.30. The number of carbonyl (C=O) groups is 1. The summed E-state index contributed by atoms with van der Waals surface area (Å²) in [6.45, 7) is 4.76. The van der Waals surface area contributed by atoms with Gasteiger partial charge in [-0.15, -0.1) is 0 Å². The Hall–Kier alpha value is -2.72. The molecule has 0 spiro atoms. The van der Waals surface area contributed by atoms with Gasteiger partial charge in [-0.3, -0.25) is 9.48 Å². The second kappa shape index (κ2) is 9.03. The molecule has 1 atom stereocenters. The van der Waals surface area contributed by atoms with Gasteiger partial charge < -0.3 is 18.7 Å². The molecule has 32 heavy (non-hydrogen) atoms. The molecule has 2 aliphatic rings. The smallest absolute Gasteiger partial charge is 0.276 e. The van der Waals surface area contributed by atoms with Gasteiger partial charge in [0.05, 0.1) is 23.7 Å². The number of hydrogen-bond donors (Lipinski definition) is 0. The van der Waals surface area contributed by atoms with E-state index >= 15 is 0 Å². The second-order valence-electron chi connectivity index (χ2n) is 8.39. The SMILES string of the molecule is Cc1onc(C(=O)N2CCCC(c3nc(C4CCOCC4)no3)C2)c1Cn1cc(Cl)cn1. The summed E-state index contributed by atoms with van der Waals surface area (Å²) in [6.07, 6.45) is 6.82. The fourth-order valence-corrected chi connectivity index (χ4v) is 4.54. The van der Waals surface area contributed by atoms with Crippen LogP contribution in [0.25, 0.3) is 0 Å². The monoisotopic (exact) mass is 460 g/mol. The van der Waals surface area contributed by atoms with Crippen molar-refractivity contribution in [2.45, 2.75) is 51.0 Å². The molecule has 0 N–H and O–H groups in total. The first-order valence-electron chi connectivity index (χ1n) is 10.9. The number of hydrogen-bond acceptors (Lipinski definition) is 8. The molecule has 5 heterocycles. The van der Waals surface area contributed by atoms with Crippen molar-refractivity contribution in [1.82, 2.24) is 30.0 Å². The molecule has 5 rings (SSSR count). The highest BCUT2D eigenvalue weighted by Crippen LogP contribution is 2.30. The molecular weight excluding hydrogens is 436 g/mol. The lowest BCUT2D eigenvalue weighted by atomic mass is 9.96. The van der Waals surface area contributed by atoms with Gasteiger partial charge in [-0.05, 0) is 32.6 Å². The lowest BCUT2D eigenvalue weighted by Crippen LogP contribution is -2.39. The van der Waals surface area contributed by atoms with E-state index in [0.29, 0.717) is 47.6 Å². The molecule has 2 saturated heterocycles. The van der Waals surface area contributed by atoms with Crippen molar-refractivity contribution >= 4 is 17.5 Å². The first-order valence-corrected chi connectivity index (χ1v) is 11.3. The van der Waals surface area contributed by atoms with Gasteiger partial charge in [0.1, 0.15) is 5.76 Å². The molecule has 2 aliphatic heterocycles. The highest BCUT2D eigenvalue weighted by atomic mass is 35.5. The number of rotatable bonds is 5. The molecule has 2 fully saturated rings. The topological polar surface area (TPSA) is 112 Å². The standard InChI is InChI=1S/C21H25ClN6O4/c1-13-17(12-28-11-16(22)9-23-28)18(25-31-13)21(29)27-6-2-3-15(10-27)20-24-19(26-32-20)14-4-7-30-8-5-14/h9,11,14-15H,2-8,10,12H2,1H3. The Bertz CT molecular complexity index is 1090. The number of likely N-dealkylation sites (tertiary alicyclic amines) is 1. The van der Waals surface area contributed by atoms with Crippen LogP contribution in [0.4, 0.5) is 0 Å². The summed E-state index contributed by atoms with van der Waals surface area (Å²) in [4.78, 5) is 19.8. The number of nitrogens with zero attached hydrogens (tertiary/aromatic N) is 6. The van der Waals surface area contributed by atoms with E-state index in [1.54, 1.807) is 28.9 Å². The average molecular weight is 461 g/mol. The van der Waals surface area contributed by atoms with Crippen LogP contribution in [-0.4, -0.2) is 62.2 Å². The van der Waals surface area contributed by atoms with Crippen molar-refractivity contribution in [3.8, 4) is 0 Å². The van der Waals surface area contributed by atoms with Gasteiger partial charge in [-0.25, -0.2) is 0 Å². The van der Waals surface area contributed by atoms with Crippen molar-refractivity contribution in [2.75, 3.05) is 26.3 Å². The summed E-state index contributed by atoms with van der Waals surface area (Å²) in [5, 5.41) is 13.0. The summed E-state index contributed by atoms with van der Waals surface area (Å²) >= 11 is 5.97. The van der Waals surface area contributed by atoms with Crippen LogP contribution < -0.4 is 0 Å². The van der Waals surface area contributed by atoms with Crippen LogP contribution >= 0.6 is 11.6 Å². The number of piperidine rings is 1. The van der Waals surface area contributed by atoms with Crippen molar-refractivity contribution < 1.29 is 18.6 Å². The van der Waals surface area contributed by atoms with Gasteiger partial charge in [-0.2, -0.15) is 10.1 Å². The molecule has 3 aromatic heterocycles. The van der Waals surface area contributed by atoms with Crippen LogP contribution in [-0.2, 0) is 11.3 Å². The summed E-state index contributed by atoms with van der Waals surface area (Å²) in [7, 11) is 0. The number of aryl methyl sites for hydroxylation is 1. The third-order valence-electron chi connectivity index (χ3n) is 6.21. The Morgan fingerprint density at radius 2 is 2.03 bits per heavy atom. The number of carbonyl (C=O) groups excluding carboxylic acids is 1. The van der Waals surface area contributed by atoms with E-state index in [4.69, 9.17) is 25.4 Å². The summed E-state index contributed by atoms with van der Waals surface area (Å²) in [6, 6.07) is 0. The molecule has 0 saturated carbocycles. The summed E-state index contributed by atoms with van der Waals surface area (Å²) < 4.78 is 18.0. The predicted octanol–water partition coefficient (Wildman–Crippen LogP) is 3.18. The van der Waals surface area contributed by atoms with Crippen LogP contribution in [0.2, 0.25) is 5.02 Å². The predicted molar refractivity (Wildman–Crippen MR) is 113 cm³/mol. The molecule has 0 bridgehead atoms. The number of aromatic nitrogens is 5. The molecule has 3 aromatic rings. The Morgan fingerprint density at radius 3 is 2.81 bits per heavy atom. The van der Waals surface area contributed by atoms with Crippen molar-refractivity contribution in [3.05, 3.63) is 46.1 Å². The van der Waals surface area contributed by atoms with E-state index in [1.807, 2.05) is 0 Å². The fraction of sp³-hybridized carbons (Fsp3) is 0.571. The molecule has 1 amide bonds. The van der Waals surface area contributed by atoms with E-state index in [0.717, 1.165) is 44.7 Å². The Balaban J connectivity index is 1.30. The van der Waals surface area contributed by atoms with Gasteiger partial charge in [0.25, 0.3) is 5.91 Å². The van der Waals surface area contributed by atoms with Gasteiger partial charge in [-0.1, -0.05) is 21.9 Å². The molecule has 1 unspecified atom stereocenters. The van der Waals surface area contributed by atoms with Gasteiger partial charge in [0.2, 0.25) is 5.89 Å². The van der Waals surface area contributed by atoms with E-state index in [1.165, 1.54) is 0 Å². The number of halogens is 1. The molecule has 0 aromatic carbocycles. The van der Waals surface area contributed by atoms with Crippen LogP contribution in [0.3, 0.4) is 0 Å². The van der Waals surface area contributed by atoms with Crippen LogP contribution in [0, 0.1) is 6.92 Å². The van der Waals surface area contributed by atoms with Crippen LogP contribution in [0.1, 0.15) is 71.0 Å². The zero-order valence-electron chi connectivity index (χ0n) is 17.9. The lowest BCUT2D eigenvalue weighted by molar-refractivity contribution is 0.0684. The van der Waals surface area contributed by atoms with E-state index in [2.05, 4.69) is 20.4 Å². The number of amides is 1. The minimum Gasteiger partial charge on any atom is -0.381 e. The molecule has 0 radical (unpaired) electrons. The Labute approximate surface area is 189 Å². The average Bonchev–Trinajstić information content (AvgIpc) is 3.55. The van der Waals surface area contributed by atoms with Gasteiger partial charge >= 0.3 is 0 Å². The minimum atomic E-state index is -0.163. The molecule has 0 aliphatic carbocycles. The Kier molecular flexibility index (Phi) is 5.97. The fourth-order valence-electron chi connectivity index (χ4n) is 4.38. The van der Waals surface area contributed by atoms with E-state index in [9.17, 15) is 4.79 Å². The van der Waals surface area contributed by atoms with Crippen molar-refractivity contribution in [2.24, 2.45) is 0 Å². The Morgan fingerprint density at radius 1 is 1.19 bits per heavy atom. The van der Waals surface area contributed by atoms with Crippen molar-refractivity contribution in [1.29, 1.82) is 0 Å². The molecule has 10 nitrogen and oxygen atoms in total. The van der Waals surface area contributed by atoms with Crippen LogP contribution in [0.5, 0.6) is 0 Å². The third-order valence-corrected chi connectivity index (χ3v) is 6.41. The number of ether oxygens (including phenoxy) is 1. The minimum absolute atomic E-state index is 0.00941. The van der Waals surface area contributed by atoms with Gasteiger partial charge in [0, 0.05) is 44.0 Å². The summed E-state index contributed by atoms with van der Waals surface area (Å²) in [5.41, 5.74) is 1.01. The summed E-state index contributed by atoms with van der Waals surface area (Å²) in [5.74, 6) is 2.07. The highest BCUT2D eigenvalue weighted by molar-refractivity contribution is 6.30. The van der Waals surface area contributed by atoms with Crippen molar-refractivity contribution in [3.63, 3.8) is 0 Å². The van der Waals surface area contributed by atoms with Crippen LogP contribution in [0.15, 0.2) is 21.4 Å². The first kappa shape index (κ1) is 21.1. The maximum Gasteiger partial charge on any atom is 0.276 e. The maximum atomic E-state index is 13.3. The van der Waals surface area contributed by atoms with E-state index in [-0.39, 0.29) is 17.7 Å². The molecular formula is C21H25ClN6O4. The molecule has 170 valence electrons. The largest absolute Gasteiger partial charge is 0.381 e. The first-order chi connectivity index (χ1) is 15.6. The second-order valence-corrected chi connectivity index (χ2v) is 8.83. The molecule has 11 heteroatoms. The third kappa shape index (κ3) is 4.29. The highest BCUT2D eigenvalue weighted by Gasteiger charge is 2.33. The normalized spacial score (nSPS) is 20.1. The zero-order valence-corrected chi connectivity index (χ0v) is 18.6. The van der Waals surface area contributed by atoms with E-state index < -0.39 is 0 Å². The zero-order chi connectivity index (χ0) is 22.1. The quantitative estimate of drug-likeness (QED) is 0.570.